The fourth-order valence-electron chi connectivity index (χ4n) is 3.35. The van der Waals surface area contributed by atoms with Crippen LogP contribution in [0.3, 0.4) is 0 Å². The van der Waals surface area contributed by atoms with E-state index in [0.29, 0.717) is 17.9 Å². The molecule has 0 saturated carbocycles. The van der Waals surface area contributed by atoms with E-state index < -0.39 is 9.84 Å². The van der Waals surface area contributed by atoms with Crippen molar-refractivity contribution in [2.75, 3.05) is 25.2 Å². The molecule has 0 unspecified atom stereocenters. The van der Waals surface area contributed by atoms with Crippen molar-refractivity contribution < 1.29 is 13.2 Å². The molecule has 1 fully saturated rings. The van der Waals surface area contributed by atoms with E-state index in [1.165, 1.54) is 0 Å². The molecule has 26 heavy (non-hydrogen) atoms. The summed E-state index contributed by atoms with van der Waals surface area (Å²) in [5.74, 6) is 1.92. The molecule has 1 atom stereocenters. The first-order chi connectivity index (χ1) is 12.4. The molecule has 0 radical (unpaired) electrons. The fourth-order valence-corrected chi connectivity index (χ4v) is 5.30. The Labute approximate surface area is 159 Å². The molecule has 0 spiro atoms. The topological polar surface area (TPSA) is 69.4 Å². The van der Waals surface area contributed by atoms with Gasteiger partial charge in [0.1, 0.15) is 5.75 Å². The molecule has 2 heterocycles. The van der Waals surface area contributed by atoms with Crippen LogP contribution in [-0.4, -0.2) is 58.9 Å². The molecule has 0 amide bonds. The van der Waals surface area contributed by atoms with Gasteiger partial charge in [-0.25, -0.2) is 13.1 Å². The number of rotatable bonds is 6. The number of ether oxygens (including phenoxy) is 1. The third kappa shape index (κ3) is 3.70. The van der Waals surface area contributed by atoms with Crippen LogP contribution in [0.4, 0.5) is 0 Å². The van der Waals surface area contributed by atoms with Crippen LogP contribution in [0.1, 0.15) is 13.3 Å². The summed E-state index contributed by atoms with van der Waals surface area (Å²) in [5.41, 5.74) is 0.869. The number of hydrogen-bond donors (Lipinski definition) is 0. The van der Waals surface area contributed by atoms with E-state index in [9.17, 15) is 8.42 Å². The molecule has 1 aliphatic heterocycles. The maximum absolute atomic E-state index is 11.8. The minimum absolute atomic E-state index is 0.0172. The normalized spacial score (nSPS) is 19.2. The van der Waals surface area contributed by atoms with Crippen molar-refractivity contribution in [2.24, 2.45) is 7.05 Å². The van der Waals surface area contributed by atoms with Gasteiger partial charge in [0, 0.05) is 13.1 Å². The summed E-state index contributed by atoms with van der Waals surface area (Å²) >= 11 is 5.56. The van der Waals surface area contributed by atoms with E-state index in [1.807, 2.05) is 42.8 Å². The fraction of sp³-hybridized carbons (Fsp3) is 0.529. The van der Waals surface area contributed by atoms with Gasteiger partial charge in [0.05, 0.1) is 30.8 Å². The van der Waals surface area contributed by atoms with Crippen molar-refractivity contribution in [2.45, 2.75) is 26.1 Å². The van der Waals surface area contributed by atoms with Crippen molar-refractivity contribution in [3.8, 4) is 17.1 Å². The van der Waals surface area contributed by atoms with Crippen LogP contribution in [-0.2, 0) is 23.6 Å². The van der Waals surface area contributed by atoms with Crippen molar-refractivity contribution in [3.05, 3.63) is 29.0 Å². The minimum Gasteiger partial charge on any atom is -0.496 e. The van der Waals surface area contributed by atoms with E-state index in [0.717, 1.165) is 23.7 Å². The Balaban J connectivity index is 1.91. The molecule has 1 aliphatic rings. The van der Waals surface area contributed by atoms with Gasteiger partial charge in [0.2, 0.25) is 0 Å². The van der Waals surface area contributed by atoms with E-state index in [2.05, 4.69) is 10.00 Å². The highest BCUT2D eigenvalue weighted by Crippen LogP contribution is 2.28. The maximum atomic E-state index is 11.8. The second-order valence-electron chi connectivity index (χ2n) is 6.47. The molecule has 7 nitrogen and oxygen atoms in total. The Bertz CT molecular complexity index is 949. The number of methoxy groups -OCH3 is 1. The summed E-state index contributed by atoms with van der Waals surface area (Å²) in [4.78, 5) is 2.12. The highest BCUT2D eigenvalue weighted by atomic mass is 32.2. The quantitative estimate of drug-likeness (QED) is 0.697. The smallest absolute Gasteiger partial charge is 0.199 e. The second-order valence-corrected chi connectivity index (χ2v) is 9.06. The van der Waals surface area contributed by atoms with Crippen LogP contribution in [0.15, 0.2) is 24.3 Å². The second kappa shape index (κ2) is 7.50. The van der Waals surface area contributed by atoms with Gasteiger partial charge in [-0.1, -0.05) is 19.1 Å². The Morgan fingerprint density at radius 1 is 1.38 bits per heavy atom. The summed E-state index contributed by atoms with van der Waals surface area (Å²) < 4.78 is 33.2. The monoisotopic (exact) mass is 396 g/mol. The van der Waals surface area contributed by atoms with E-state index in [-0.39, 0.29) is 17.5 Å². The highest BCUT2D eigenvalue weighted by Gasteiger charge is 2.32. The van der Waals surface area contributed by atoms with Crippen LogP contribution >= 0.6 is 12.2 Å². The highest BCUT2D eigenvalue weighted by molar-refractivity contribution is 7.91. The number of aromatic nitrogens is 3. The number of hydrogen-bond acceptors (Lipinski definition) is 6. The Hall–Kier alpha value is -1.71. The predicted molar refractivity (Wildman–Crippen MR) is 103 cm³/mol. The average molecular weight is 397 g/mol. The molecule has 2 aromatic rings. The van der Waals surface area contributed by atoms with Gasteiger partial charge in [0.15, 0.2) is 20.4 Å². The molecule has 3 rings (SSSR count). The van der Waals surface area contributed by atoms with Gasteiger partial charge in [-0.3, -0.25) is 4.90 Å². The summed E-state index contributed by atoms with van der Waals surface area (Å²) in [6, 6.07) is 7.69. The third-order valence-electron chi connectivity index (χ3n) is 4.84. The van der Waals surface area contributed by atoms with E-state index in [4.69, 9.17) is 17.0 Å². The number of para-hydroxylation sites is 1. The zero-order valence-electron chi connectivity index (χ0n) is 15.3. The van der Waals surface area contributed by atoms with Gasteiger partial charge in [-0.05, 0) is 37.3 Å². The molecule has 9 heteroatoms. The number of sulfone groups is 1. The first kappa shape index (κ1) is 19.1. The number of benzene rings is 1. The molecule has 0 bridgehead atoms. The summed E-state index contributed by atoms with van der Waals surface area (Å²) in [7, 11) is 0.581. The van der Waals surface area contributed by atoms with Gasteiger partial charge in [-0.2, -0.15) is 5.10 Å². The molecule has 1 aromatic heterocycles. The molecular weight excluding hydrogens is 372 g/mol. The summed E-state index contributed by atoms with van der Waals surface area (Å²) in [6.45, 7) is 3.24. The zero-order valence-corrected chi connectivity index (χ0v) is 16.9. The number of nitrogens with zero attached hydrogens (tertiary/aromatic N) is 4. The first-order valence-corrected chi connectivity index (χ1v) is 10.8. The molecule has 0 N–H and O–H groups in total. The van der Waals surface area contributed by atoms with Crippen LogP contribution in [0, 0.1) is 4.77 Å². The van der Waals surface area contributed by atoms with Crippen molar-refractivity contribution in [3.63, 3.8) is 0 Å². The van der Waals surface area contributed by atoms with Crippen LogP contribution in [0.2, 0.25) is 0 Å². The Kier molecular flexibility index (Phi) is 5.50. The minimum atomic E-state index is -2.93. The summed E-state index contributed by atoms with van der Waals surface area (Å²) in [6.07, 6.45) is 0.662. The lowest BCUT2D eigenvalue weighted by molar-refractivity contribution is 0.164. The SMILES string of the molecule is CCN(Cn1nc(-c2ccccc2OC)n(C)c1=S)[C@@H]1CCS(=O)(=O)C1. The van der Waals surface area contributed by atoms with Crippen LogP contribution < -0.4 is 4.74 Å². The Morgan fingerprint density at radius 3 is 2.73 bits per heavy atom. The first-order valence-electron chi connectivity index (χ1n) is 8.58. The molecular formula is C17H24N4O3S2. The molecule has 0 aliphatic carbocycles. The lowest BCUT2D eigenvalue weighted by Crippen LogP contribution is -2.37. The predicted octanol–water partition coefficient (Wildman–Crippen LogP) is 2.09. The molecule has 142 valence electrons. The van der Waals surface area contributed by atoms with E-state index in [1.54, 1.807) is 11.8 Å². The standard InChI is InChI=1S/C17H24N4O3S2/c1-4-20(13-9-10-26(22,23)11-13)12-21-17(25)19(2)16(18-21)14-7-5-6-8-15(14)24-3/h5-8,13H,4,9-12H2,1-3H3/t13-/m1/s1. The summed E-state index contributed by atoms with van der Waals surface area (Å²) in [5, 5.41) is 4.69. The van der Waals surface area contributed by atoms with Crippen molar-refractivity contribution >= 4 is 22.1 Å². The van der Waals surface area contributed by atoms with Gasteiger partial charge >= 0.3 is 0 Å². The van der Waals surface area contributed by atoms with Gasteiger partial charge < -0.3 is 9.30 Å². The average Bonchev–Trinajstić information content (AvgIpc) is 3.13. The van der Waals surface area contributed by atoms with Crippen LogP contribution in [0.25, 0.3) is 11.4 Å². The maximum Gasteiger partial charge on any atom is 0.199 e. The largest absolute Gasteiger partial charge is 0.496 e. The third-order valence-corrected chi connectivity index (χ3v) is 7.07. The zero-order chi connectivity index (χ0) is 18.9. The van der Waals surface area contributed by atoms with E-state index >= 15 is 0 Å². The Morgan fingerprint density at radius 2 is 2.12 bits per heavy atom. The lowest BCUT2D eigenvalue weighted by atomic mass is 10.2. The van der Waals surface area contributed by atoms with Crippen molar-refractivity contribution in [1.29, 1.82) is 0 Å². The molecule has 1 aromatic carbocycles. The van der Waals surface area contributed by atoms with Gasteiger partial charge in [0.25, 0.3) is 0 Å². The molecule has 1 saturated heterocycles. The van der Waals surface area contributed by atoms with Crippen LogP contribution in [0.5, 0.6) is 5.75 Å². The van der Waals surface area contributed by atoms with Crippen molar-refractivity contribution in [1.82, 2.24) is 19.2 Å². The van der Waals surface area contributed by atoms with Gasteiger partial charge in [-0.15, -0.1) is 0 Å². The lowest BCUT2D eigenvalue weighted by Gasteiger charge is -2.25.